The molecule has 0 spiro atoms. The van der Waals surface area contributed by atoms with Crippen molar-refractivity contribution in [3.63, 3.8) is 0 Å². The van der Waals surface area contributed by atoms with Crippen molar-refractivity contribution in [3.05, 3.63) is 64.7 Å². The van der Waals surface area contributed by atoms with Gasteiger partial charge < -0.3 is 5.32 Å². The maximum absolute atomic E-state index is 12.8. The minimum atomic E-state index is -0.156. The van der Waals surface area contributed by atoms with E-state index in [9.17, 15) is 9.59 Å². The van der Waals surface area contributed by atoms with Crippen LogP contribution >= 0.6 is 11.6 Å². The molecule has 5 heteroatoms. The van der Waals surface area contributed by atoms with E-state index in [1.807, 2.05) is 18.2 Å². The van der Waals surface area contributed by atoms with Crippen molar-refractivity contribution in [1.29, 1.82) is 0 Å². The van der Waals surface area contributed by atoms with Crippen LogP contribution in [-0.2, 0) is 4.79 Å². The molecule has 3 rings (SSSR count). The predicted octanol–water partition coefficient (Wildman–Crippen LogP) is 4.00. The van der Waals surface area contributed by atoms with Gasteiger partial charge in [-0.3, -0.25) is 14.5 Å². The van der Waals surface area contributed by atoms with Crippen LogP contribution in [0.1, 0.15) is 35.2 Å². The normalized spacial score (nSPS) is 14.9. The Morgan fingerprint density at radius 3 is 2.44 bits per heavy atom. The van der Waals surface area contributed by atoms with Gasteiger partial charge in [-0.2, -0.15) is 0 Å². The fraction of sp³-hybridized carbons (Fsp3) is 0.300. The number of carbonyl (C=O) groups excluding carboxylic acids is 2. The van der Waals surface area contributed by atoms with E-state index in [0.29, 0.717) is 28.4 Å². The Hall–Kier alpha value is -2.17. The average Bonchev–Trinajstić information content (AvgIpc) is 2.64. The maximum atomic E-state index is 12.8. The van der Waals surface area contributed by atoms with Crippen molar-refractivity contribution in [3.8, 4) is 0 Å². The van der Waals surface area contributed by atoms with E-state index >= 15 is 0 Å². The Balaban J connectivity index is 1.77. The summed E-state index contributed by atoms with van der Waals surface area (Å²) in [6.07, 6.45) is 3.49. The molecule has 1 aliphatic heterocycles. The zero-order valence-electron chi connectivity index (χ0n) is 14.0. The monoisotopic (exact) mass is 356 g/mol. The third-order valence-electron chi connectivity index (χ3n) is 4.35. The zero-order valence-corrected chi connectivity index (χ0v) is 14.8. The highest BCUT2D eigenvalue weighted by Crippen LogP contribution is 2.24. The number of piperidine rings is 1. The van der Waals surface area contributed by atoms with Gasteiger partial charge >= 0.3 is 0 Å². The number of anilines is 1. The number of halogens is 1. The zero-order chi connectivity index (χ0) is 17.6. The van der Waals surface area contributed by atoms with Gasteiger partial charge in [0.05, 0.1) is 12.2 Å². The molecule has 1 heterocycles. The molecule has 4 nitrogen and oxygen atoms in total. The fourth-order valence-electron chi connectivity index (χ4n) is 3.07. The number of nitrogens with one attached hydrogen (secondary N) is 1. The molecule has 0 saturated carbocycles. The lowest BCUT2D eigenvalue weighted by molar-refractivity contribution is -0.117. The van der Waals surface area contributed by atoms with Gasteiger partial charge in [0.15, 0.2) is 5.78 Å². The smallest absolute Gasteiger partial charge is 0.238 e. The molecule has 2 aromatic rings. The van der Waals surface area contributed by atoms with Crippen LogP contribution in [0, 0.1) is 0 Å². The molecule has 1 aliphatic rings. The molecule has 130 valence electrons. The first-order valence-electron chi connectivity index (χ1n) is 8.55. The second-order valence-electron chi connectivity index (χ2n) is 6.27. The molecule has 0 aromatic heterocycles. The second kappa shape index (κ2) is 8.28. The first-order chi connectivity index (χ1) is 12.1. The van der Waals surface area contributed by atoms with Crippen LogP contribution in [0.2, 0.25) is 5.02 Å². The van der Waals surface area contributed by atoms with Gasteiger partial charge in [-0.25, -0.2) is 0 Å². The number of carbonyl (C=O) groups is 2. The minimum absolute atomic E-state index is 0.105. The molecule has 25 heavy (non-hydrogen) atoms. The molecule has 0 bridgehead atoms. The average molecular weight is 357 g/mol. The van der Waals surface area contributed by atoms with Crippen LogP contribution in [0.4, 0.5) is 5.69 Å². The maximum Gasteiger partial charge on any atom is 0.238 e. The van der Waals surface area contributed by atoms with Crippen molar-refractivity contribution in [2.45, 2.75) is 19.3 Å². The molecule has 0 radical (unpaired) electrons. The number of rotatable bonds is 5. The largest absolute Gasteiger partial charge is 0.324 e. The van der Waals surface area contributed by atoms with Crippen LogP contribution in [0.25, 0.3) is 0 Å². The summed E-state index contributed by atoms with van der Waals surface area (Å²) in [5.74, 6) is -0.261. The van der Waals surface area contributed by atoms with E-state index in [2.05, 4.69) is 10.2 Å². The van der Waals surface area contributed by atoms with Crippen molar-refractivity contribution in [2.75, 3.05) is 25.0 Å². The van der Waals surface area contributed by atoms with Gasteiger partial charge in [0.1, 0.15) is 0 Å². The Bertz CT molecular complexity index is 756. The number of ketones is 1. The lowest BCUT2D eigenvalue weighted by Crippen LogP contribution is -2.37. The number of hydrogen-bond acceptors (Lipinski definition) is 3. The lowest BCUT2D eigenvalue weighted by Gasteiger charge is -2.25. The van der Waals surface area contributed by atoms with Gasteiger partial charge in [-0.15, -0.1) is 0 Å². The first-order valence-corrected chi connectivity index (χ1v) is 8.93. The molecule has 2 aromatic carbocycles. The number of nitrogens with zero attached hydrogens (tertiary/aromatic N) is 1. The third kappa shape index (κ3) is 4.68. The Morgan fingerprint density at radius 1 is 1.00 bits per heavy atom. The van der Waals surface area contributed by atoms with Gasteiger partial charge in [0, 0.05) is 16.1 Å². The minimum Gasteiger partial charge on any atom is -0.324 e. The molecule has 0 atom stereocenters. The Morgan fingerprint density at radius 2 is 1.72 bits per heavy atom. The number of amides is 1. The highest BCUT2D eigenvalue weighted by molar-refractivity contribution is 6.31. The van der Waals surface area contributed by atoms with Crippen LogP contribution in [0.3, 0.4) is 0 Å². The Kier molecular flexibility index (Phi) is 5.84. The molecule has 0 aliphatic carbocycles. The summed E-state index contributed by atoms with van der Waals surface area (Å²) in [5, 5.41) is 3.34. The summed E-state index contributed by atoms with van der Waals surface area (Å²) in [5.41, 5.74) is 1.47. The molecule has 0 unspecified atom stereocenters. The summed E-state index contributed by atoms with van der Waals surface area (Å²) in [7, 11) is 0. The van der Waals surface area contributed by atoms with Crippen molar-refractivity contribution >= 4 is 29.0 Å². The molecule has 1 saturated heterocycles. The summed E-state index contributed by atoms with van der Waals surface area (Å²) in [6.45, 7) is 2.25. The lowest BCUT2D eigenvalue weighted by atomic mass is 10.0. The summed E-state index contributed by atoms with van der Waals surface area (Å²) in [4.78, 5) is 27.3. The van der Waals surface area contributed by atoms with Gasteiger partial charge in [-0.1, -0.05) is 48.4 Å². The number of likely N-dealkylation sites (tertiary alicyclic amines) is 1. The highest BCUT2D eigenvalue weighted by atomic mass is 35.5. The van der Waals surface area contributed by atoms with Gasteiger partial charge in [0.2, 0.25) is 5.91 Å². The van der Waals surface area contributed by atoms with E-state index < -0.39 is 0 Å². The first kappa shape index (κ1) is 17.6. The quantitative estimate of drug-likeness (QED) is 0.824. The number of benzene rings is 2. The molecular weight excluding hydrogens is 336 g/mol. The van der Waals surface area contributed by atoms with E-state index in [4.69, 9.17) is 11.6 Å². The summed E-state index contributed by atoms with van der Waals surface area (Å²) < 4.78 is 0. The van der Waals surface area contributed by atoms with Crippen LogP contribution in [-0.4, -0.2) is 36.2 Å². The highest BCUT2D eigenvalue weighted by Gasteiger charge is 2.18. The topological polar surface area (TPSA) is 49.4 Å². The van der Waals surface area contributed by atoms with Crippen molar-refractivity contribution < 1.29 is 9.59 Å². The number of hydrogen-bond donors (Lipinski definition) is 1. The molecule has 1 N–H and O–H groups in total. The van der Waals surface area contributed by atoms with Crippen molar-refractivity contribution in [2.24, 2.45) is 0 Å². The third-order valence-corrected chi connectivity index (χ3v) is 4.59. The fourth-order valence-corrected chi connectivity index (χ4v) is 3.24. The van der Waals surface area contributed by atoms with E-state index in [-0.39, 0.29) is 11.7 Å². The van der Waals surface area contributed by atoms with Crippen LogP contribution < -0.4 is 5.32 Å². The molecular formula is C20H21ClN2O2. The molecule has 1 amide bonds. The van der Waals surface area contributed by atoms with E-state index in [0.717, 1.165) is 25.9 Å². The van der Waals surface area contributed by atoms with Gasteiger partial charge in [-0.05, 0) is 44.1 Å². The van der Waals surface area contributed by atoms with Crippen LogP contribution in [0.5, 0.6) is 0 Å². The van der Waals surface area contributed by atoms with Gasteiger partial charge in [0.25, 0.3) is 0 Å². The summed E-state index contributed by atoms with van der Waals surface area (Å²) in [6, 6.07) is 14.0. The van der Waals surface area contributed by atoms with Crippen molar-refractivity contribution in [1.82, 2.24) is 4.90 Å². The molecule has 1 fully saturated rings. The van der Waals surface area contributed by atoms with E-state index in [1.54, 1.807) is 30.3 Å². The Labute approximate surface area is 152 Å². The van der Waals surface area contributed by atoms with E-state index in [1.165, 1.54) is 6.42 Å². The second-order valence-corrected chi connectivity index (χ2v) is 6.71. The summed E-state index contributed by atoms with van der Waals surface area (Å²) >= 11 is 6.07. The van der Waals surface area contributed by atoms with Crippen LogP contribution in [0.15, 0.2) is 48.5 Å². The standard InChI is InChI=1S/C20H21ClN2O2/c21-16-9-10-18(22-19(24)14-23-11-5-2-6-12-23)17(13-16)20(25)15-7-3-1-4-8-15/h1,3-4,7-10,13H,2,5-6,11-12,14H2,(H,22,24). The SMILES string of the molecule is O=C(CN1CCCCC1)Nc1ccc(Cl)cc1C(=O)c1ccccc1. The predicted molar refractivity (Wildman–Crippen MR) is 100 cm³/mol.